The quantitative estimate of drug-likeness (QED) is 0.226. The van der Waals surface area contributed by atoms with Crippen LogP contribution in [0.15, 0.2) is 66.2 Å². The smallest absolute Gasteiger partial charge is 0.300 e. The van der Waals surface area contributed by atoms with Crippen molar-refractivity contribution in [2.75, 3.05) is 12.0 Å². The number of nitrogens with zero attached hydrogens (tertiary/aromatic N) is 2. The Hall–Kier alpha value is -3.99. The van der Waals surface area contributed by atoms with Crippen LogP contribution < -0.4 is 14.4 Å². The number of hydrogen-bond acceptors (Lipinski definition) is 6. The number of nitriles is 1. The van der Waals surface area contributed by atoms with Crippen molar-refractivity contribution in [3.8, 4) is 17.6 Å². The fourth-order valence-electron chi connectivity index (χ4n) is 4.16. The summed E-state index contributed by atoms with van der Waals surface area (Å²) in [7, 11) is 1.41. The first-order valence-electron chi connectivity index (χ1n) is 11.3. The van der Waals surface area contributed by atoms with E-state index in [2.05, 4.69) is 0 Å². The molecule has 1 aliphatic heterocycles. The summed E-state index contributed by atoms with van der Waals surface area (Å²) in [6.07, 6.45) is -0.0419. The number of halogens is 2. The van der Waals surface area contributed by atoms with E-state index in [0.717, 1.165) is 0 Å². The van der Waals surface area contributed by atoms with Crippen LogP contribution in [0.3, 0.4) is 0 Å². The predicted octanol–water partition coefficient (Wildman–Crippen LogP) is 6.29. The number of aliphatic hydroxyl groups is 1. The number of benzene rings is 3. The summed E-state index contributed by atoms with van der Waals surface area (Å²) in [4.78, 5) is 27.9. The number of carbonyl (C=O) groups is 2. The number of ether oxygens (including phenoxy) is 2. The van der Waals surface area contributed by atoms with Crippen LogP contribution in [0, 0.1) is 11.3 Å². The van der Waals surface area contributed by atoms with E-state index in [-0.39, 0.29) is 33.0 Å². The van der Waals surface area contributed by atoms with Crippen molar-refractivity contribution in [1.82, 2.24) is 0 Å². The van der Waals surface area contributed by atoms with Crippen LogP contribution in [-0.4, -0.2) is 30.0 Å². The van der Waals surface area contributed by atoms with E-state index in [0.29, 0.717) is 22.6 Å². The van der Waals surface area contributed by atoms with Crippen molar-refractivity contribution in [2.24, 2.45) is 0 Å². The second kappa shape index (κ2) is 10.6. The van der Waals surface area contributed by atoms with E-state index in [1.807, 2.05) is 19.9 Å². The van der Waals surface area contributed by atoms with Crippen molar-refractivity contribution in [2.45, 2.75) is 26.0 Å². The third kappa shape index (κ3) is 4.99. The summed E-state index contributed by atoms with van der Waals surface area (Å²) in [6, 6.07) is 17.1. The Morgan fingerprint density at radius 2 is 1.62 bits per heavy atom. The number of aliphatic hydroxyl groups excluding tert-OH is 1. The van der Waals surface area contributed by atoms with E-state index >= 15 is 0 Å². The number of ketones is 1. The fraction of sp³-hybridized carbons (Fsp3) is 0.179. The minimum Gasteiger partial charge on any atom is -0.507 e. The molecule has 7 nitrogen and oxygen atoms in total. The molecule has 0 bridgehead atoms. The van der Waals surface area contributed by atoms with Crippen molar-refractivity contribution < 1.29 is 24.2 Å². The molecule has 1 atom stereocenters. The molecule has 9 heteroatoms. The summed E-state index contributed by atoms with van der Waals surface area (Å²) < 4.78 is 10.9. The van der Waals surface area contributed by atoms with Gasteiger partial charge in [0, 0.05) is 11.3 Å². The van der Waals surface area contributed by atoms with Gasteiger partial charge in [-0.3, -0.25) is 14.5 Å². The van der Waals surface area contributed by atoms with Crippen LogP contribution in [-0.2, 0) is 9.59 Å². The number of anilines is 1. The first kappa shape index (κ1) is 26.1. The number of Topliss-reactive ketones (excluding diaryl/α,β-unsaturated/α-hetero) is 1. The van der Waals surface area contributed by atoms with E-state index in [1.165, 1.54) is 24.1 Å². The summed E-state index contributed by atoms with van der Waals surface area (Å²) in [6.45, 7) is 3.80. The maximum Gasteiger partial charge on any atom is 0.300 e. The molecule has 0 saturated carbocycles. The van der Waals surface area contributed by atoms with Crippen LogP contribution in [0.25, 0.3) is 5.76 Å². The first-order valence-corrected chi connectivity index (χ1v) is 12.0. The topological polar surface area (TPSA) is 99.9 Å². The Morgan fingerprint density at radius 1 is 1.03 bits per heavy atom. The van der Waals surface area contributed by atoms with Gasteiger partial charge >= 0.3 is 0 Å². The molecule has 3 aromatic rings. The van der Waals surface area contributed by atoms with Crippen LogP contribution >= 0.6 is 23.2 Å². The molecular weight excluding hydrogens is 515 g/mol. The molecule has 1 N–H and O–H groups in total. The van der Waals surface area contributed by atoms with Gasteiger partial charge < -0.3 is 14.6 Å². The standard InChI is InChI=1S/C28H22Cl2N2O5/c1-15(2)37-20-10-6-17(7-11-20)24-23(25(33)18-12-21(29)27(36-3)22(30)13-18)26(34)28(35)32(24)19-8-4-16(14-31)5-9-19/h4-13,15,24,33H,1-3H3/b25-23+. The maximum atomic E-state index is 13.3. The van der Waals surface area contributed by atoms with Gasteiger partial charge in [-0.1, -0.05) is 35.3 Å². The molecule has 37 heavy (non-hydrogen) atoms. The molecule has 3 aromatic carbocycles. The number of methoxy groups -OCH3 is 1. The van der Waals surface area contributed by atoms with Gasteiger partial charge in [-0.2, -0.15) is 5.26 Å². The zero-order chi connectivity index (χ0) is 26.9. The third-order valence-corrected chi connectivity index (χ3v) is 6.32. The molecule has 0 radical (unpaired) electrons. The average Bonchev–Trinajstić information content (AvgIpc) is 3.13. The Balaban J connectivity index is 1.91. The lowest BCUT2D eigenvalue weighted by atomic mass is 9.95. The van der Waals surface area contributed by atoms with Gasteiger partial charge in [0.15, 0.2) is 5.75 Å². The highest BCUT2D eigenvalue weighted by atomic mass is 35.5. The molecule has 0 aromatic heterocycles. The number of hydrogen-bond donors (Lipinski definition) is 1. The van der Waals surface area contributed by atoms with Crippen LogP contribution in [0.5, 0.6) is 11.5 Å². The highest BCUT2D eigenvalue weighted by Gasteiger charge is 2.47. The summed E-state index contributed by atoms with van der Waals surface area (Å²) in [5.74, 6) is -1.31. The van der Waals surface area contributed by atoms with Gasteiger partial charge in [-0.05, 0) is 67.9 Å². The fourth-order valence-corrected chi connectivity index (χ4v) is 4.80. The van der Waals surface area contributed by atoms with Crippen molar-refractivity contribution in [3.05, 3.63) is 93.0 Å². The van der Waals surface area contributed by atoms with Crippen molar-refractivity contribution >= 4 is 46.3 Å². The Bertz CT molecular complexity index is 1420. The van der Waals surface area contributed by atoms with E-state index in [9.17, 15) is 14.7 Å². The van der Waals surface area contributed by atoms with Crippen molar-refractivity contribution in [3.63, 3.8) is 0 Å². The minimum absolute atomic E-state index is 0.0419. The summed E-state index contributed by atoms with van der Waals surface area (Å²) in [5.41, 5.74) is 1.36. The zero-order valence-electron chi connectivity index (χ0n) is 20.2. The molecule has 4 rings (SSSR count). The van der Waals surface area contributed by atoms with Crippen LogP contribution in [0.1, 0.15) is 36.6 Å². The second-order valence-electron chi connectivity index (χ2n) is 8.54. The van der Waals surface area contributed by atoms with Gasteiger partial charge in [0.05, 0.1) is 46.5 Å². The SMILES string of the molecule is COc1c(Cl)cc(/C(O)=C2\C(=O)C(=O)N(c3ccc(C#N)cc3)C2c2ccc(OC(C)C)cc2)cc1Cl. The van der Waals surface area contributed by atoms with Crippen LogP contribution in [0.4, 0.5) is 5.69 Å². The predicted molar refractivity (Wildman–Crippen MR) is 141 cm³/mol. The van der Waals surface area contributed by atoms with E-state index < -0.39 is 23.5 Å². The van der Waals surface area contributed by atoms with E-state index in [1.54, 1.807) is 48.5 Å². The van der Waals surface area contributed by atoms with Crippen molar-refractivity contribution in [1.29, 1.82) is 5.26 Å². The Kier molecular flexibility index (Phi) is 7.44. The lowest BCUT2D eigenvalue weighted by Crippen LogP contribution is -2.29. The lowest BCUT2D eigenvalue weighted by molar-refractivity contribution is -0.132. The molecule has 1 amide bonds. The highest BCUT2D eigenvalue weighted by Crippen LogP contribution is 2.44. The maximum absolute atomic E-state index is 13.3. The molecule has 0 spiro atoms. The van der Waals surface area contributed by atoms with Gasteiger partial charge in [0.2, 0.25) is 0 Å². The minimum atomic E-state index is -0.972. The van der Waals surface area contributed by atoms with Crippen LogP contribution in [0.2, 0.25) is 10.0 Å². The summed E-state index contributed by atoms with van der Waals surface area (Å²) >= 11 is 12.5. The third-order valence-electron chi connectivity index (χ3n) is 5.76. The average molecular weight is 537 g/mol. The summed E-state index contributed by atoms with van der Waals surface area (Å²) in [5, 5.41) is 20.7. The molecule has 1 heterocycles. The second-order valence-corrected chi connectivity index (χ2v) is 9.35. The molecule has 1 fully saturated rings. The zero-order valence-corrected chi connectivity index (χ0v) is 21.7. The first-order chi connectivity index (χ1) is 17.7. The van der Waals surface area contributed by atoms with Gasteiger partial charge in [-0.15, -0.1) is 0 Å². The molecular formula is C28H22Cl2N2O5. The van der Waals surface area contributed by atoms with Gasteiger partial charge in [0.25, 0.3) is 11.7 Å². The normalized spacial score (nSPS) is 16.7. The molecule has 1 saturated heterocycles. The molecule has 1 unspecified atom stereocenters. The van der Waals surface area contributed by atoms with Gasteiger partial charge in [0.1, 0.15) is 11.5 Å². The molecule has 188 valence electrons. The Labute approximate surface area is 224 Å². The largest absolute Gasteiger partial charge is 0.507 e. The number of rotatable bonds is 6. The monoisotopic (exact) mass is 536 g/mol. The lowest BCUT2D eigenvalue weighted by Gasteiger charge is -2.26. The highest BCUT2D eigenvalue weighted by molar-refractivity contribution is 6.51. The number of amides is 1. The Morgan fingerprint density at radius 3 is 2.14 bits per heavy atom. The number of carbonyl (C=O) groups excluding carboxylic acids is 2. The van der Waals surface area contributed by atoms with E-state index in [4.69, 9.17) is 37.9 Å². The molecule has 0 aliphatic carbocycles. The van der Waals surface area contributed by atoms with Gasteiger partial charge in [-0.25, -0.2) is 0 Å². The molecule has 1 aliphatic rings.